The first-order valence-corrected chi connectivity index (χ1v) is 23.6. The van der Waals surface area contributed by atoms with E-state index in [9.17, 15) is 9.90 Å². The molecule has 1 amide bonds. The van der Waals surface area contributed by atoms with E-state index in [-0.39, 0.29) is 24.8 Å². The molecule has 0 bridgehead atoms. The first-order valence-electron chi connectivity index (χ1n) is 23.6. The highest BCUT2D eigenvalue weighted by Crippen LogP contribution is 2.39. The molecule has 362 valence electrons. The Morgan fingerprint density at radius 2 is 1.66 bits per heavy atom. The molecule has 8 aromatic rings. The van der Waals surface area contributed by atoms with Crippen LogP contribution in [0.5, 0.6) is 5.75 Å². The lowest BCUT2D eigenvalue weighted by atomic mass is 10.1. The number of hydrogen-bond acceptors (Lipinski definition) is 13. The molecule has 0 aliphatic rings. The zero-order valence-electron chi connectivity index (χ0n) is 41.3. The number of ether oxygens (including phenoxy) is 1. The molecule has 5 aromatic heterocycles. The van der Waals surface area contributed by atoms with E-state index in [2.05, 4.69) is 108 Å². The van der Waals surface area contributed by atoms with Crippen LogP contribution in [0.1, 0.15) is 38.8 Å². The number of likely N-dealkylation sites (N-methyl/N-ethyl adjacent to an activating group) is 2. The van der Waals surface area contributed by atoms with Gasteiger partial charge in [-0.05, 0) is 76.3 Å². The summed E-state index contributed by atoms with van der Waals surface area (Å²) in [7, 11) is 9.64. The summed E-state index contributed by atoms with van der Waals surface area (Å²) in [6.07, 6.45) is 8.15. The van der Waals surface area contributed by atoms with E-state index in [0.29, 0.717) is 54.3 Å². The fourth-order valence-corrected chi connectivity index (χ4v) is 8.47. The van der Waals surface area contributed by atoms with Crippen LogP contribution in [0, 0.1) is 0 Å². The maximum atomic E-state index is 14.5. The molecule has 0 unspecified atom stereocenters. The molecule has 3 aromatic carbocycles. The van der Waals surface area contributed by atoms with Crippen molar-refractivity contribution in [2.45, 2.75) is 45.8 Å². The van der Waals surface area contributed by atoms with Gasteiger partial charge in [-0.25, -0.2) is 9.97 Å². The molecular weight excluding hydrogens is 879 g/mol. The molecule has 0 fully saturated rings. The van der Waals surface area contributed by atoms with E-state index in [0.717, 1.165) is 62.2 Å². The van der Waals surface area contributed by atoms with Gasteiger partial charge in [0.2, 0.25) is 11.9 Å². The minimum absolute atomic E-state index is 0.0368. The van der Waals surface area contributed by atoms with E-state index in [1.165, 1.54) is 0 Å². The second kappa shape index (κ2) is 21.6. The first kappa shape index (κ1) is 48.6. The number of aliphatic hydroxyl groups excluding tert-OH is 1. The highest BCUT2D eigenvalue weighted by atomic mass is 16.5. The fraction of sp³-hybridized carbons (Fsp3) is 0.296. The van der Waals surface area contributed by atoms with Gasteiger partial charge in [0.1, 0.15) is 17.2 Å². The predicted molar refractivity (Wildman–Crippen MR) is 283 cm³/mol. The maximum Gasteiger partial charge on any atom is 0.252 e. The van der Waals surface area contributed by atoms with Crippen LogP contribution in [0.3, 0.4) is 0 Å². The van der Waals surface area contributed by atoms with Crippen molar-refractivity contribution in [2.24, 2.45) is 7.05 Å². The largest absolute Gasteiger partial charge is 0.494 e. The van der Waals surface area contributed by atoms with E-state index >= 15 is 0 Å². The third-order valence-corrected chi connectivity index (χ3v) is 12.5. The zero-order valence-corrected chi connectivity index (χ0v) is 41.3. The Morgan fingerprint density at radius 3 is 2.37 bits per heavy atom. The molecular formula is C54H63N13O3. The minimum atomic E-state index is -0.425. The lowest BCUT2D eigenvalue weighted by Crippen LogP contribution is -2.41. The molecule has 0 aliphatic carbocycles. The van der Waals surface area contributed by atoms with Crippen LogP contribution in [0.25, 0.3) is 44.5 Å². The van der Waals surface area contributed by atoms with Crippen LogP contribution in [0.15, 0.2) is 128 Å². The molecule has 16 heteroatoms. The van der Waals surface area contributed by atoms with Crippen molar-refractivity contribution in [3.63, 3.8) is 0 Å². The average molecular weight is 942 g/mol. The fourth-order valence-electron chi connectivity index (χ4n) is 8.47. The number of aliphatic hydroxyl groups is 1. The van der Waals surface area contributed by atoms with E-state index in [4.69, 9.17) is 19.7 Å². The van der Waals surface area contributed by atoms with Crippen molar-refractivity contribution in [2.75, 3.05) is 80.2 Å². The lowest BCUT2D eigenvalue weighted by Gasteiger charge is -2.31. The number of fused-ring (bicyclic) bond motifs is 2. The summed E-state index contributed by atoms with van der Waals surface area (Å²) in [5, 5.41) is 22.9. The third kappa shape index (κ3) is 10.7. The molecule has 16 nitrogen and oxygen atoms in total. The monoisotopic (exact) mass is 942 g/mol. The number of aryl methyl sites for hydroxylation is 1. The zero-order chi connectivity index (χ0) is 49.5. The highest BCUT2D eigenvalue weighted by Gasteiger charge is 2.26. The van der Waals surface area contributed by atoms with Gasteiger partial charge in [0.15, 0.2) is 0 Å². The molecule has 4 N–H and O–H groups in total. The first-order chi connectivity index (χ1) is 33.8. The van der Waals surface area contributed by atoms with Gasteiger partial charge in [0, 0.05) is 98.2 Å². The average Bonchev–Trinajstić information content (AvgIpc) is 3.97. The normalized spacial score (nSPS) is 11.9. The molecule has 0 saturated heterocycles. The van der Waals surface area contributed by atoms with E-state index in [1.54, 1.807) is 19.5 Å². The summed E-state index contributed by atoms with van der Waals surface area (Å²) >= 11 is 0. The topological polar surface area (TPSA) is 167 Å². The quantitative estimate of drug-likeness (QED) is 0.0505. The number of nitrogens with one attached hydrogen (secondary N) is 3. The second-order valence-electron chi connectivity index (χ2n) is 18.0. The van der Waals surface area contributed by atoms with Crippen LogP contribution >= 0.6 is 0 Å². The SMILES string of the molecule is C=C(CN(c1nc(NCc2ccc(-c3ccccn3)cc2)c2ccn(C(C)C)c2n1)[C@H](CC)CO)C(=O)Nc1cc(Nc2nccc(-c3cn(C)c4ccccc34)n2)c(OC)cc1N(C)CCN(C)C. The Bertz CT molecular complexity index is 3090. The van der Waals surface area contributed by atoms with Crippen molar-refractivity contribution in [3.8, 4) is 28.3 Å². The Hall–Kier alpha value is -7.82. The van der Waals surface area contributed by atoms with Gasteiger partial charge >= 0.3 is 0 Å². The molecule has 70 heavy (non-hydrogen) atoms. The summed E-state index contributed by atoms with van der Waals surface area (Å²) in [4.78, 5) is 44.8. The Kier molecular flexibility index (Phi) is 15.0. The van der Waals surface area contributed by atoms with Crippen molar-refractivity contribution in [1.82, 2.24) is 39.0 Å². The number of amides is 1. The number of nitrogens with zero attached hydrogens (tertiary/aromatic N) is 10. The maximum absolute atomic E-state index is 14.5. The van der Waals surface area contributed by atoms with Gasteiger partial charge in [0.05, 0.1) is 60.1 Å². The number of methoxy groups -OCH3 is 1. The number of benzene rings is 3. The number of carbonyl (C=O) groups excluding carboxylic acids is 1. The summed E-state index contributed by atoms with van der Waals surface area (Å²) in [5.74, 6) is 1.48. The lowest BCUT2D eigenvalue weighted by molar-refractivity contribution is -0.112. The van der Waals surface area contributed by atoms with Crippen LogP contribution in [-0.2, 0) is 18.4 Å². The van der Waals surface area contributed by atoms with Gasteiger partial charge in [-0.15, -0.1) is 0 Å². The smallest absolute Gasteiger partial charge is 0.252 e. The van der Waals surface area contributed by atoms with Crippen molar-refractivity contribution in [3.05, 3.63) is 133 Å². The summed E-state index contributed by atoms with van der Waals surface area (Å²) in [6, 6.07) is 29.7. The number of anilines is 6. The highest BCUT2D eigenvalue weighted by molar-refractivity contribution is 6.06. The van der Waals surface area contributed by atoms with Crippen LogP contribution in [0.2, 0.25) is 0 Å². The summed E-state index contributed by atoms with van der Waals surface area (Å²) in [6.45, 7) is 12.3. The van der Waals surface area contributed by atoms with E-state index < -0.39 is 11.9 Å². The molecule has 1 atom stereocenters. The summed E-state index contributed by atoms with van der Waals surface area (Å²) < 4.78 is 10.1. The van der Waals surface area contributed by atoms with Crippen molar-refractivity contribution < 1.29 is 14.6 Å². The number of rotatable bonds is 21. The number of aromatic nitrogens is 7. The summed E-state index contributed by atoms with van der Waals surface area (Å²) in [5.41, 5.74) is 8.62. The second-order valence-corrected chi connectivity index (χ2v) is 18.0. The predicted octanol–water partition coefficient (Wildman–Crippen LogP) is 9.16. The molecule has 0 saturated carbocycles. The van der Waals surface area contributed by atoms with Gasteiger partial charge in [-0.2, -0.15) is 9.97 Å². The number of hydrogen-bond donors (Lipinski definition) is 4. The molecule has 5 heterocycles. The molecule has 0 spiro atoms. The molecule has 0 aliphatic heterocycles. The Balaban J connectivity index is 1.09. The number of para-hydroxylation sites is 1. The Labute approximate surface area is 409 Å². The van der Waals surface area contributed by atoms with Crippen molar-refractivity contribution in [1.29, 1.82) is 0 Å². The van der Waals surface area contributed by atoms with Crippen LogP contribution < -0.4 is 30.5 Å². The molecule has 8 rings (SSSR count). The van der Waals surface area contributed by atoms with Gasteiger partial charge in [0.25, 0.3) is 5.91 Å². The van der Waals surface area contributed by atoms with Gasteiger partial charge in [-0.1, -0.05) is 62.0 Å². The Morgan fingerprint density at radius 1 is 0.871 bits per heavy atom. The van der Waals surface area contributed by atoms with Crippen LogP contribution in [0.4, 0.5) is 34.8 Å². The third-order valence-electron chi connectivity index (χ3n) is 12.5. The van der Waals surface area contributed by atoms with Crippen LogP contribution in [-0.4, -0.2) is 111 Å². The minimum Gasteiger partial charge on any atom is -0.494 e. The molecule has 0 radical (unpaired) electrons. The van der Waals surface area contributed by atoms with Gasteiger partial charge in [-0.3, -0.25) is 9.78 Å². The van der Waals surface area contributed by atoms with Gasteiger partial charge < -0.3 is 49.6 Å². The van der Waals surface area contributed by atoms with Crippen molar-refractivity contribution >= 4 is 62.6 Å². The number of pyridine rings is 1. The standard InChI is InChI=1S/C54H63N13O3/c1-10-39(34-68)67(54-61-50(41-23-26-66(35(2)3)51(41)62-54)57-31-37-18-20-38(21-19-37)43-16-13-14-24-55-43)32-36(4)52(69)58-45-29-46(49(70-9)30-48(45)64(7)28-27-63(5)6)60-53-56-25-22-44(59-53)42-33-65(8)47-17-12-11-15-40(42)47/h11-26,29-30,33,35,39,68H,4,10,27-28,31-32,34H2,1-3,5-9H3,(H,58,69)(H,56,59,60)(H,57,61,62)/t39-/m1/s1. The number of carbonyl (C=O) groups is 1. The van der Waals surface area contributed by atoms with E-state index in [1.807, 2.05) is 101 Å².